The van der Waals surface area contributed by atoms with Crippen LogP contribution in [0.1, 0.15) is 60.8 Å². The van der Waals surface area contributed by atoms with Crippen molar-refractivity contribution in [2.75, 3.05) is 5.32 Å². The highest BCUT2D eigenvalue weighted by Gasteiger charge is 2.25. The number of nitrogens with one attached hydrogen (secondary N) is 3. The van der Waals surface area contributed by atoms with Crippen molar-refractivity contribution in [2.24, 2.45) is 5.92 Å². The van der Waals surface area contributed by atoms with E-state index in [1.807, 2.05) is 13.8 Å². The van der Waals surface area contributed by atoms with E-state index >= 15 is 0 Å². The summed E-state index contributed by atoms with van der Waals surface area (Å²) < 4.78 is 52.4. The van der Waals surface area contributed by atoms with Crippen LogP contribution in [0.15, 0.2) is 42.7 Å². The van der Waals surface area contributed by atoms with Gasteiger partial charge in [-0.3, -0.25) is 20.4 Å². The summed E-state index contributed by atoms with van der Waals surface area (Å²) in [5, 5.41) is 15.7. The lowest BCUT2D eigenvalue weighted by atomic mass is 10.0. The van der Waals surface area contributed by atoms with Gasteiger partial charge in [0.1, 0.15) is 11.4 Å². The molecule has 0 saturated heterocycles. The molecule has 1 amide bonds. The molecule has 11 heteroatoms. The highest BCUT2D eigenvalue weighted by Crippen LogP contribution is 2.25. The third-order valence-electron chi connectivity index (χ3n) is 5.48. The van der Waals surface area contributed by atoms with Crippen molar-refractivity contribution < 1.29 is 27.5 Å². The summed E-state index contributed by atoms with van der Waals surface area (Å²) in [6, 6.07) is 6.77. The molecular formula is C23H25F4N5O2. The molecule has 182 valence electrons. The van der Waals surface area contributed by atoms with Crippen molar-refractivity contribution in [3.8, 4) is 11.3 Å². The first kappa shape index (κ1) is 25.3. The second-order valence-electron chi connectivity index (χ2n) is 8.26. The van der Waals surface area contributed by atoms with Crippen molar-refractivity contribution >= 4 is 11.9 Å². The van der Waals surface area contributed by atoms with E-state index in [9.17, 15) is 27.5 Å². The molecule has 1 atom stereocenters. The van der Waals surface area contributed by atoms with Crippen LogP contribution in [0.25, 0.3) is 11.3 Å². The van der Waals surface area contributed by atoms with E-state index in [1.165, 1.54) is 42.7 Å². The van der Waals surface area contributed by atoms with Crippen LogP contribution in [0, 0.1) is 5.92 Å². The fourth-order valence-electron chi connectivity index (χ4n) is 2.97. The number of nitrogens with zero attached hydrogens (tertiary/aromatic N) is 2. The largest absolute Gasteiger partial charge is 0.376 e. The first-order chi connectivity index (χ1) is 16.0. The summed E-state index contributed by atoms with van der Waals surface area (Å²) >= 11 is 0. The van der Waals surface area contributed by atoms with E-state index < -0.39 is 30.2 Å². The van der Waals surface area contributed by atoms with Gasteiger partial charge in [-0.15, -0.1) is 0 Å². The molecule has 2 heterocycles. The maximum atomic E-state index is 13.5. The van der Waals surface area contributed by atoms with Gasteiger partial charge in [0.15, 0.2) is 0 Å². The molecule has 1 aromatic carbocycles. The van der Waals surface area contributed by atoms with E-state index in [4.69, 9.17) is 0 Å². The Kier molecular flexibility index (Phi) is 7.68. The Balaban J connectivity index is 1.78. The molecule has 0 aliphatic rings. The van der Waals surface area contributed by atoms with Crippen LogP contribution in [-0.4, -0.2) is 31.7 Å². The number of aliphatic hydroxyl groups is 1. The molecule has 0 spiro atoms. The number of amides is 1. The van der Waals surface area contributed by atoms with E-state index in [1.54, 1.807) is 6.92 Å². The van der Waals surface area contributed by atoms with Crippen LogP contribution in [0.4, 0.5) is 23.5 Å². The molecule has 4 N–H and O–H groups in total. The van der Waals surface area contributed by atoms with Crippen molar-refractivity contribution in [2.45, 2.75) is 45.9 Å². The first-order valence-corrected chi connectivity index (χ1v) is 10.5. The highest BCUT2D eigenvalue weighted by atomic mass is 19.3. The number of carbonyl (C=O) groups excluding carboxylic acids is 1. The van der Waals surface area contributed by atoms with Gasteiger partial charge >= 0.3 is 0 Å². The second-order valence-corrected chi connectivity index (χ2v) is 8.26. The predicted octanol–water partition coefficient (Wildman–Crippen LogP) is 5.05. The smallest absolute Gasteiger partial charge is 0.281 e. The minimum absolute atomic E-state index is 0.00979. The molecule has 0 aliphatic carbocycles. The maximum absolute atomic E-state index is 13.5. The number of hydrogen-bond donors (Lipinski definition) is 4. The lowest BCUT2D eigenvalue weighted by Crippen LogP contribution is -2.46. The first-order valence-electron chi connectivity index (χ1n) is 10.5. The standard InChI is InChI=1S/C23H25F4N5O2/c1-12(2)23(3,34)30-10-13-8-16(18(20(26)27)28-9-13)21(33)32-22-29-11-17(31-22)14-4-6-15(7-5-14)19(24)25/h4-9,11-12,19-20,30,34H,10H2,1-3H3,(H2,29,31,32,33). The Morgan fingerprint density at radius 2 is 1.76 bits per heavy atom. The molecule has 2 aromatic heterocycles. The number of halogens is 4. The lowest BCUT2D eigenvalue weighted by Gasteiger charge is -2.29. The molecule has 7 nitrogen and oxygen atoms in total. The van der Waals surface area contributed by atoms with Gasteiger partial charge in [-0.2, -0.15) is 0 Å². The molecule has 0 bridgehead atoms. The summed E-state index contributed by atoms with van der Waals surface area (Å²) in [5.74, 6) is -0.984. The van der Waals surface area contributed by atoms with Crippen LogP contribution in [0.5, 0.6) is 0 Å². The third-order valence-corrected chi connectivity index (χ3v) is 5.48. The fourth-order valence-corrected chi connectivity index (χ4v) is 2.97. The van der Waals surface area contributed by atoms with Crippen molar-refractivity contribution in [1.29, 1.82) is 0 Å². The van der Waals surface area contributed by atoms with Crippen LogP contribution < -0.4 is 10.6 Å². The Morgan fingerprint density at radius 1 is 1.09 bits per heavy atom. The third kappa shape index (κ3) is 5.97. The maximum Gasteiger partial charge on any atom is 0.281 e. The van der Waals surface area contributed by atoms with Crippen LogP contribution in [-0.2, 0) is 6.54 Å². The normalized spacial score (nSPS) is 13.5. The molecule has 0 radical (unpaired) electrons. The lowest BCUT2D eigenvalue weighted by molar-refractivity contribution is -0.0214. The monoisotopic (exact) mass is 479 g/mol. The average molecular weight is 479 g/mol. The summed E-state index contributed by atoms with van der Waals surface area (Å²) in [4.78, 5) is 23.3. The van der Waals surface area contributed by atoms with Crippen LogP contribution in [0.2, 0.25) is 0 Å². The number of benzene rings is 1. The van der Waals surface area contributed by atoms with Gasteiger partial charge in [-0.1, -0.05) is 38.1 Å². The van der Waals surface area contributed by atoms with E-state index in [0.29, 0.717) is 16.8 Å². The fraction of sp³-hybridized carbons (Fsp3) is 0.348. The van der Waals surface area contributed by atoms with Crippen molar-refractivity contribution in [3.63, 3.8) is 0 Å². The Morgan fingerprint density at radius 3 is 2.35 bits per heavy atom. The van der Waals surface area contributed by atoms with Gasteiger partial charge in [0.25, 0.3) is 18.8 Å². The van der Waals surface area contributed by atoms with E-state index in [-0.39, 0.29) is 29.5 Å². The Labute approximate surface area is 193 Å². The van der Waals surface area contributed by atoms with Gasteiger partial charge in [-0.05, 0) is 30.0 Å². The number of alkyl halides is 4. The minimum Gasteiger partial charge on any atom is -0.376 e. The number of anilines is 1. The van der Waals surface area contributed by atoms with Crippen LogP contribution in [0.3, 0.4) is 0 Å². The number of aromatic nitrogens is 3. The molecule has 1 unspecified atom stereocenters. The number of hydrogen-bond acceptors (Lipinski definition) is 5. The molecule has 0 fully saturated rings. The minimum atomic E-state index is -2.98. The summed E-state index contributed by atoms with van der Waals surface area (Å²) in [6.07, 6.45) is -2.98. The number of aromatic amines is 1. The summed E-state index contributed by atoms with van der Waals surface area (Å²) in [6.45, 7) is 5.31. The molecule has 3 rings (SSSR count). The Hall–Kier alpha value is -3.31. The molecule has 3 aromatic rings. The van der Waals surface area contributed by atoms with Gasteiger partial charge in [0, 0.05) is 18.3 Å². The van der Waals surface area contributed by atoms with E-state index in [2.05, 4.69) is 25.6 Å². The number of rotatable bonds is 9. The zero-order valence-electron chi connectivity index (χ0n) is 18.7. The van der Waals surface area contributed by atoms with Gasteiger partial charge < -0.3 is 10.1 Å². The molecule has 0 saturated carbocycles. The van der Waals surface area contributed by atoms with Gasteiger partial charge in [0.2, 0.25) is 5.95 Å². The van der Waals surface area contributed by atoms with Crippen molar-refractivity contribution in [3.05, 3.63) is 65.1 Å². The molecular weight excluding hydrogens is 454 g/mol. The zero-order chi connectivity index (χ0) is 25.0. The summed E-state index contributed by atoms with van der Waals surface area (Å²) in [7, 11) is 0. The molecule has 0 aliphatic heterocycles. The second kappa shape index (κ2) is 10.3. The number of H-pyrrole nitrogens is 1. The Bertz CT molecular complexity index is 1130. The van der Waals surface area contributed by atoms with Crippen LogP contribution >= 0.6 is 0 Å². The van der Waals surface area contributed by atoms with Crippen molar-refractivity contribution in [1.82, 2.24) is 20.3 Å². The topological polar surface area (TPSA) is 103 Å². The quantitative estimate of drug-likeness (QED) is 0.254. The highest BCUT2D eigenvalue weighted by molar-refractivity contribution is 6.04. The van der Waals surface area contributed by atoms with Gasteiger partial charge in [0.05, 0.1) is 17.5 Å². The number of imidazole rings is 1. The molecule has 34 heavy (non-hydrogen) atoms. The number of pyridine rings is 1. The zero-order valence-corrected chi connectivity index (χ0v) is 18.7. The van der Waals surface area contributed by atoms with Gasteiger partial charge in [-0.25, -0.2) is 22.5 Å². The average Bonchev–Trinajstić information content (AvgIpc) is 3.25. The van der Waals surface area contributed by atoms with E-state index in [0.717, 1.165) is 0 Å². The SMILES string of the molecule is CC(C)C(C)(O)NCc1cnc(C(F)F)c(C(=O)Nc2ncc(-c3ccc(C(F)F)cc3)[nH]2)c1. The number of carbonyl (C=O) groups is 1. The summed E-state index contributed by atoms with van der Waals surface area (Å²) in [5.41, 5.74) is -0.941. The predicted molar refractivity (Wildman–Crippen MR) is 118 cm³/mol.